The molecule has 0 spiro atoms. The highest BCUT2D eigenvalue weighted by Crippen LogP contribution is 2.41. The van der Waals surface area contributed by atoms with Crippen LogP contribution >= 0.6 is 0 Å². The molecule has 1 aromatic carbocycles. The van der Waals surface area contributed by atoms with Gasteiger partial charge in [0.1, 0.15) is 6.61 Å². The Kier molecular flexibility index (Phi) is 9.75. The molecule has 186 valence electrons. The average molecular weight is 469 g/mol. The van der Waals surface area contributed by atoms with Gasteiger partial charge < -0.3 is 14.5 Å². The third-order valence-corrected chi connectivity index (χ3v) is 6.94. The van der Waals surface area contributed by atoms with Crippen LogP contribution in [0.1, 0.15) is 63.4 Å². The molecule has 2 aliphatic rings. The Hall–Kier alpha value is -2.60. The molecule has 3 rings (SSSR count). The average Bonchev–Trinajstić information content (AvgIpc) is 2.83. The minimum Gasteiger partial charge on any atom is -0.461 e. The lowest BCUT2D eigenvalue weighted by Gasteiger charge is -2.38. The number of carbonyl (C=O) groups is 2. The Morgan fingerprint density at radius 2 is 2.00 bits per heavy atom. The first-order valence-electron chi connectivity index (χ1n) is 12.6. The van der Waals surface area contributed by atoms with E-state index in [0.29, 0.717) is 18.2 Å². The smallest absolute Gasteiger partial charge is 0.306 e. The van der Waals surface area contributed by atoms with Crippen molar-refractivity contribution in [3.05, 3.63) is 48.6 Å². The van der Waals surface area contributed by atoms with Crippen molar-refractivity contribution in [3.63, 3.8) is 0 Å². The summed E-state index contributed by atoms with van der Waals surface area (Å²) in [6.07, 6.45) is 13.4. The van der Waals surface area contributed by atoms with Crippen LogP contribution in [-0.4, -0.2) is 56.1 Å². The standard InChI is InChI=1S/C28H40N2O4/c1-4-17-33-27(32)19-28(15-8-5-9-16-28)21-30(22-31)34-25-13-10-12-23(18-25)26-14-7-6-11-24(26)20-29(2)3/h4,10,12-14,18,22,24H,1,5-9,11,15-17,19-21H2,2-3H3. The molecule has 0 N–H and O–H groups in total. The van der Waals surface area contributed by atoms with Crippen LogP contribution in [0, 0.1) is 11.3 Å². The van der Waals surface area contributed by atoms with Gasteiger partial charge in [-0.2, -0.15) is 5.06 Å². The molecule has 1 amide bonds. The van der Waals surface area contributed by atoms with Crippen molar-refractivity contribution in [3.8, 4) is 5.75 Å². The molecule has 2 aliphatic carbocycles. The SMILES string of the molecule is C=CCOC(=O)CC1(CN(C=O)Oc2cccc(C3=CCCCC3CN(C)C)c2)CCCCC1. The van der Waals surface area contributed by atoms with Crippen molar-refractivity contribution in [2.45, 2.75) is 57.8 Å². The highest BCUT2D eigenvalue weighted by atomic mass is 16.7. The van der Waals surface area contributed by atoms with E-state index in [1.165, 1.54) is 23.5 Å². The van der Waals surface area contributed by atoms with E-state index in [2.05, 4.69) is 37.7 Å². The summed E-state index contributed by atoms with van der Waals surface area (Å²) in [5.74, 6) is 0.888. The van der Waals surface area contributed by atoms with Crippen LogP contribution in [0.3, 0.4) is 0 Å². The van der Waals surface area contributed by atoms with Crippen molar-refractivity contribution in [1.82, 2.24) is 9.96 Å². The van der Waals surface area contributed by atoms with E-state index in [4.69, 9.17) is 9.57 Å². The lowest BCUT2D eigenvalue weighted by Crippen LogP contribution is -2.42. The maximum Gasteiger partial charge on any atom is 0.306 e. The zero-order valence-electron chi connectivity index (χ0n) is 20.8. The van der Waals surface area contributed by atoms with Crippen molar-refractivity contribution >= 4 is 18.0 Å². The van der Waals surface area contributed by atoms with E-state index in [-0.39, 0.29) is 24.4 Å². The Bertz CT molecular complexity index is 858. The summed E-state index contributed by atoms with van der Waals surface area (Å²) in [5, 5.41) is 1.36. The molecule has 0 saturated heterocycles. The second-order valence-electron chi connectivity index (χ2n) is 10.1. The summed E-state index contributed by atoms with van der Waals surface area (Å²) in [5.41, 5.74) is 2.18. The summed E-state index contributed by atoms with van der Waals surface area (Å²) < 4.78 is 5.26. The summed E-state index contributed by atoms with van der Waals surface area (Å²) in [4.78, 5) is 32.7. The molecule has 1 atom stereocenters. The Morgan fingerprint density at radius 3 is 2.71 bits per heavy atom. The molecule has 1 fully saturated rings. The van der Waals surface area contributed by atoms with Crippen LogP contribution in [0.4, 0.5) is 0 Å². The van der Waals surface area contributed by atoms with Crippen molar-refractivity contribution in [1.29, 1.82) is 0 Å². The van der Waals surface area contributed by atoms with E-state index in [1.807, 2.05) is 18.2 Å². The van der Waals surface area contributed by atoms with Crippen LogP contribution in [0.5, 0.6) is 5.75 Å². The van der Waals surface area contributed by atoms with Crippen molar-refractivity contribution < 1.29 is 19.2 Å². The van der Waals surface area contributed by atoms with Crippen molar-refractivity contribution in [2.75, 3.05) is 33.8 Å². The highest BCUT2D eigenvalue weighted by Gasteiger charge is 2.37. The van der Waals surface area contributed by atoms with Gasteiger partial charge in [0.05, 0.1) is 13.0 Å². The van der Waals surface area contributed by atoms with E-state index < -0.39 is 0 Å². The largest absolute Gasteiger partial charge is 0.461 e. The number of rotatable bonds is 12. The molecule has 0 aromatic heterocycles. The molecule has 6 nitrogen and oxygen atoms in total. The third kappa shape index (κ3) is 7.45. The van der Waals surface area contributed by atoms with Crippen LogP contribution in [0.2, 0.25) is 0 Å². The number of carbonyl (C=O) groups excluding carboxylic acids is 2. The first-order valence-corrected chi connectivity index (χ1v) is 12.6. The molecule has 1 aromatic rings. The van der Waals surface area contributed by atoms with Crippen LogP contribution in [-0.2, 0) is 14.3 Å². The number of esters is 1. The topological polar surface area (TPSA) is 59.1 Å². The molecule has 0 bridgehead atoms. The normalized spacial score (nSPS) is 19.7. The van der Waals surface area contributed by atoms with Crippen LogP contribution < -0.4 is 4.84 Å². The number of benzene rings is 1. The maximum atomic E-state index is 12.4. The van der Waals surface area contributed by atoms with Gasteiger partial charge in [-0.25, -0.2) is 0 Å². The molecular formula is C28H40N2O4. The van der Waals surface area contributed by atoms with E-state index in [9.17, 15) is 9.59 Å². The van der Waals surface area contributed by atoms with Crippen LogP contribution in [0.25, 0.3) is 5.57 Å². The number of hydrogen-bond acceptors (Lipinski definition) is 5. The lowest BCUT2D eigenvalue weighted by atomic mass is 9.71. The predicted molar refractivity (Wildman–Crippen MR) is 135 cm³/mol. The minimum absolute atomic E-state index is 0.209. The van der Waals surface area contributed by atoms with Gasteiger partial charge in [0.25, 0.3) is 0 Å². The summed E-state index contributed by atoms with van der Waals surface area (Å²) in [6.45, 7) is 5.20. The highest BCUT2D eigenvalue weighted by molar-refractivity contribution is 5.71. The minimum atomic E-state index is -0.322. The zero-order valence-corrected chi connectivity index (χ0v) is 20.8. The Morgan fingerprint density at radius 1 is 1.21 bits per heavy atom. The van der Waals surface area contributed by atoms with Gasteiger partial charge in [-0.05, 0) is 75.4 Å². The lowest BCUT2D eigenvalue weighted by molar-refractivity contribution is -0.156. The molecular weight excluding hydrogens is 428 g/mol. The van der Waals surface area contributed by atoms with Gasteiger partial charge in [0, 0.05) is 12.0 Å². The fourth-order valence-corrected chi connectivity index (χ4v) is 5.42. The molecule has 34 heavy (non-hydrogen) atoms. The second kappa shape index (κ2) is 12.7. The first-order chi connectivity index (χ1) is 16.4. The van der Waals surface area contributed by atoms with Gasteiger partial charge >= 0.3 is 5.97 Å². The Labute approximate surface area is 204 Å². The van der Waals surface area contributed by atoms with Crippen LogP contribution in [0.15, 0.2) is 43.0 Å². The zero-order chi connectivity index (χ0) is 24.4. The fraction of sp³-hybridized carbons (Fsp3) is 0.571. The van der Waals surface area contributed by atoms with Gasteiger partial charge in [-0.3, -0.25) is 9.59 Å². The number of ether oxygens (including phenoxy) is 1. The predicted octanol–water partition coefficient (Wildman–Crippen LogP) is 5.25. The molecule has 0 aliphatic heterocycles. The number of nitrogens with zero attached hydrogens (tertiary/aromatic N) is 2. The molecule has 6 heteroatoms. The molecule has 0 radical (unpaired) electrons. The van der Waals surface area contributed by atoms with Gasteiger partial charge in [-0.15, -0.1) is 0 Å². The fourth-order valence-electron chi connectivity index (χ4n) is 5.42. The molecule has 1 saturated carbocycles. The Balaban J connectivity index is 1.72. The monoisotopic (exact) mass is 468 g/mol. The summed E-state index contributed by atoms with van der Waals surface area (Å²) >= 11 is 0. The number of hydrogen-bond donors (Lipinski definition) is 0. The molecule has 1 unspecified atom stereocenters. The van der Waals surface area contributed by atoms with E-state index in [0.717, 1.165) is 57.0 Å². The number of amides is 1. The van der Waals surface area contributed by atoms with Gasteiger partial charge in [0.15, 0.2) is 5.75 Å². The number of hydroxylamine groups is 2. The molecule has 0 heterocycles. The second-order valence-corrected chi connectivity index (χ2v) is 10.1. The third-order valence-electron chi connectivity index (χ3n) is 6.94. The van der Waals surface area contributed by atoms with Crippen molar-refractivity contribution in [2.24, 2.45) is 11.3 Å². The first kappa shape index (κ1) is 26.0. The quantitative estimate of drug-likeness (QED) is 0.181. The van der Waals surface area contributed by atoms with Gasteiger partial charge in [0.2, 0.25) is 6.41 Å². The maximum absolute atomic E-state index is 12.4. The summed E-state index contributed by atoms with van der Waals surface area (Å²) in [6, 6.07) is 8.02. The van der Waals surface area contributed by atoms with E-state index >= 15 is 0 Å². The van der Waals surface area contributed by atoms with Gasteiger partial charge in [-0.1, -0.05) is 50.1 Å². The summed E-state index contributed by atoms with van der Waals surface area (Å²) in [7, 11) is 4.23. The van der Waals surface area contributed by atoms with E-state index in [1.54, 1.807) is 6.08 Å². The number of allylic oxidation sites excluding steroid dienone is 1.